The van der Waals surface area contributed by atoms with Gasteiger partial charge in [-0.15, -0.1) is 0 Å². The summed E-state index contributed by atoms with van der Waals surface area (Å²) in [6.07, 6.45) is 0.887. The Bertz CT molecular complexity index is 242. The first-order chi connectivity index (χ1) is 7.02. The molecular formula is C9H22N2O3S. The van der Waals surface area contributed by atoms with Gasteiger partial charge in [-0.2, -0.15) is 0 Å². The first kappa shape index (κ1) is 14.8. The van der Waals surface area contributed by atoms with Crippen LogP contribution in [0.5, 0.6) is 0 Å². The summed E-state index contributed by atoms with van der Waals surface area (Å²) >= 11 is 0. The molecule has 2 N–H and O–H groups in total. The van der Waals surface area contributed by atoms with Crippen molar-refractivity contribution in [2.24, 2.45) is 0 Å². The van der Waals surface area contributed by atoms with Gasteiger partial charge in [-0.05, 0) is 13.3 Å². The molecule has 0 aliphatic heterocycles. The van der Waals surface area contributed by atoms with Crippen molar-refractivity contribution in [3.63, 3.8) is 0 Å². The average Bonchev–Trinajstić information content (AvgIpc) is 2.14. The van der Waals surface area contributed by atoms with E-state index in [1.54, 1.807) is 14.0 Å². The van der Waals surface area contributed by atoms with E-state index < -0.39 is 10.0 Å². The van der Waals surface area contributed by atoms with Crippen LogP contribution in [0, 0.1) is 0 Å². The summed E-state index contributed by atoms with van der Waals surface area (Å²) in [4.78, 5) is 0. The minimum Gasteiger partial charge on any atom is -0.385 e. The van der Waals surface area contributed by atoms with E-state index in [0.717, 1.165) is 6.42 Å². The molecule has 0 aromatic rings. The van der Waals surface area contributed by atoms with Crippen LogP contribution in [0.15, 0.2) is 0 Å². The Balaban J connectivity index is 3.60. The van der Waals surface area contributed by atoms with E-state index in [2.05, 4.69) is 10.0 Å². The van der Waals surface area contributed by atoms with Crippen molar-refractivity contribution in [3.05, 3.63) is 0 Å². The van der Waals surface area contributed by atoms with Crippen LogP contribution in [-0.4, -0.2) is 47.0 Å². The van der Waals surface area contributed by atoms with Crippen LogP contribution < -0.4 is 10.0 Å². The largest absolute Gasteiger partial charge is 0.385 e. The summed E-state index contributed by atoms with van der Waals surface area (Å²) in [5.41, 5.74) is 0. The van der Waals surface area contributed by atoms with Gasteiger partial charge in [0.15, 0.2) is 0 Å². The second-order valence-corrected chi connectivity index (χ2v) is 5.38. The van der Waals surface area contributed by atoms with E-state index in [1.165, 1.54) is 0 Å². The molecule has 0 radical (unpaired) electrons. The highest BCUT2D eigenvalue weighted by Gasteiger charge is 2.08. The molecule has 0 spiro atoms. The Labute approximate surface area is 92.6 Å². The van der Waals surface area contributed by atoms with E-state index >= 15 is 0 Å². The molecule has 92 valence electrons. The molecule has 0 saturated heterocycles. The van der Waals surface area contributed by atoms with Crippen molar-refractivity contribution in [2.75, 3.05) is 32.6 Å². The van der Waals surface area contributed by atoms with Crippen LogP contribution in [0.1, 0.15) is 20.3 Å². The molecule has 1 atom stereocenters. The highest BCUT2D eigenvalue weighted by molar-refractivity contribution is 7.89. The van der Waals surface area contributed by atoms with Gasteiger partial charge in [-0.25, -0.2) is 13.1 Å². The fourth-order valence-corrected chi connectivity index (χ4v) is 2.10. The number of sulfonamides is 1. The van der Waals surface area contributed by atoms with Gasteiger partial charge >= 0.3 is 0 Å². The van der Waals surface area contributed by atoms with Crippen molar-refractivity contribution in [2.45, 2.75) is 26.3 Å². The van der Waals surface area contributed by atoms with E-state index in [1.807, 2.05) is 6.92 Å². The van der Waals surface area contributed by atoms with E-state index in [-0.39, 0.29) is 11.8 Å². The van der Waals surface area contributed by atoms with Crippen LogP contribution in [0.3, 0.4) is 0 Å². The van der Waals surface area contributed by atoms with Gasteiger partial charge in [0.2, 0.25) is 10.0 Å². The molecule has 0 aliphatic carbocycles. The Kier molecular flexibility index (Phi) is 7.95. The first-order valence-electron chi connectivity index (χ1n) is 5.21. The Morgan fingerprint density at radius 1 is 1.40 bits per heavy atom. The lowest BCUT2D eigenvalue weighted by Crippen LogP contribution is -2.35. The highest BCUT2D eigenvalue weighted by Crippen LogP contribution is 1.90. The van der Waals surface area contributed by atoms with Gasteiger partial charge in [-0.1, -0.05) is 6.92 Å². The van der Waals surface area contributed by atoms with Crippen molar-refractivity contribution < 1.29 is 13.2 Å². The SMILES string of the molecule is CCNS(=O)(=O)CCNC(C)CCOC. The predicted octanol–water partition coefficient (Wildman–Crippen LogP) is -0.0597. The minimum absolute atomic E-state index is 0.123. The highest BCUT2D eigenvalue weighted by atomic mass is 32.2. The maximum Gasteiger partial charge on any atom is 0.212 e. The number of hydrogen-bond donors (Lipinski definition) is 2. The van der Waals surface area contributed by atoms with Gasteiger partial charge in [0.1, 0.15) is 0 Å². The fourth-order valence-electron chi connectivity index (χ4n) is 1.13. The first-order valence-corrected chi connectivity index (χ1v) is 6.86. The Morgan fingerprint density at radius 2 is 2.07 bits per heavy atom. The zero-order chi connectivity index (χ0) is 11.7. The number of hydrogen-bond acceptors (Lipinski definition) is 4. The lowest BCUT2D eigenvalue weighted by atomic mass is 10.2. The summed E-state index contributed by atoms with van der Waals surface area (Å²) in [6.45, 7) is 5.39. The Morgan fingerprint density at radius 3 is 2.60 bits per heavy atom. The normalized spacial score (nSPS) is 14.1. The minimum atomic E-state index is -3.09. The van der Waals surface area contributed by atoms with Crippen LogP contribution >= 0.6 is 0 Å². The third-order valence-corrected chi connectivity index (χ3v) is 3.45. The summed E-state index contributed by atoms with van der Waals surface area (Å²) in [7, 11) is -1.44. The predicted molar refractivity (Wildman–Crippen MR) is 61.4 cm³/mol. The molecule has 0 amide bonds. The zero-order valence-corrected chi connectivity index (χ0v) is 10.6. The van der Waals surface area contributed by atoms with E-state index in [4.69, 9.17) is 4.74 Å². The van der Waals surface area contributed by atoms with Gasteiger partial charge in [0, 0.05) is 32.8 Å². The summed E-state index contributed by atoms with van der Waals surface area (Å²) in [6, 6.07) is 0.279. The molecule has 6 heteroatoms. The molecule has 0 fully saturated rings. The zero-order valence-electron chi connectivity index (χ0n) is 9.75. The molecule has 0 rings (SSSR count). The number of ether oxygens (including phenoxy) is 1. The summed E-state index contributed by atoms with van der Waals surface area (Å²) in [5.74, 6) is 0.123. The van der Waals surface area contributed by atoms with E-state index in [9.17, 15) is 8.42 Å². The van der Waals surface area contributed by atoms with Crippen molar-refractivity contribution in [3.8, 4) is 0 Å². The third-order valence-electron chi connectivity index (χ3n) is 1.98. The monoisotopic (exact) mass is 238 g/mol. The molecule has 0 bridgehead atoms. The van der Waals surface area contributed by atoms with E-state index in [0.29, 0.717) is 19.7 Å². The number of methoxy groups -OCH3 is 1. The average molecular weight is 238 g/mol. The molecule has 0 heterocycles. The summed E-state index contributed by atoms with van der Waals surface area (Å²) < 4.78 is 29.9. The maximum absolute atomic E-state index is 11.3. The smallest absolute Gasteiger partial charge is 0.212 e. The van der Waals surface area contributed by atoms with Gasteiger partial charge < -0.3 is 10.1 Å². The fraction of sp³-hybridized carbons (Fsp3) is 1.00. The van der Waals surface area contributed by atoms with Gasteiger partial charge in [-0.3, -0.25) is 0 Å². The quantitative estimate of drug-likeness (QED) is 0.590. The maximum atomic E-state index is 11.3. The lowest BCUT2D eigenvalue weighted by molar-refractivity contribution is 0.185. The molecule has 0 aromatic carbocycles. The molecule has 0 aliphatic rings. The second-order valence-electron chi connectivity index (χ2n) is 3.45. The van der Waals surface area contributed by atoms with Crippen molar-refractivity contribution in [1.82, 2.24) is 10.0 Å². The van der Waals surface area contributed by atoms with Gasteiger partial charge in [0.25, 0.3) is 0 Å². The number of nitrogens with one attached hydrogen (secondary N) is 2. The van der Waals surface area contributed by atoms with Crippen LogP contribution in [0.4, 0.5) is 0 Å². The number of rotatable bonds is 9. The third kappa shape index (κ3) is 8.80. The molecule has 5 nitrogen and oxygen atoms in total. The summed E-state index contributed by atoms with van der Waals surface area (Å²) in [5, 5.41) is 3.13. The molecule has 1 unspecified atom stereocenters. The Hall–Kier alpha value is -0.170. The van der Waals surface area contributed by atoms with Gasteiger partial charge in [0.05, 0.1) is 5.75 Å². The molecular weight excluding hydrogens is 216 g/mol. The standard InChI is InChI=1S/C9H22N2O3S/c1-4-11-15(12,13)8-6-10-9(2)5-7-14-3/h9-11H,4-8H2,1-3H3. The van der Waals surface area contributed by atoms with Crippen molar-refractivity contribution >= 4 is 10.0 Å². The van der Waals surface area contributed by atoms with Crippen LogP contribution in [0.2, 0.25) is 0 Å². The molecule has 0 saturated carbocycles. The lowest BCUT2D eigenvalue weighted by Gasteiger charge is -2.13. The molecule has 15 heavy (non-hydrogen) atoms. The van der Waals surface area contributed by atoms with Crippen molar-refractivity contribution in [1.29, 1.82) is 0 Å². The second kappa shape index (κ2) is 8.04. The molecule has 0 aromatic heterocycles. The van der Waals surface area contributed by atoms with Crippen LogP contribution in [0.25, 0.3) is 0 Å². The van der Waals surface area contributed by atoms with Crippen LogP contribution in [-0.2, 0) is 14.8 Å². The topological polar surface area (TPSA) is 67.4 Å².